The largest absolute Gasteiger partial charge is 0.569 e. The molecule has 0 aliphatic carbocycles. The van der Waals surface area contributed by atoms with Crippen molar-refractivity contribution in [3.63, 3.8) is 0 Å². The molecule has 0 unspecified atom stereocenters. The Bertz CT molecular complexity index is 1000. The molecule has 0 saturated carbocycles. The minimum absolute atomic E-state index is 0.0188. The number of sulfone groups is 1. The highest BCUT2D eigenvalue weighted by atomic mass is 32.2. The van der Waals surface area contributed by atoms with Crippen molar-refractivity contribution in [3.05, 3.63) is 59.4 Å². The summed E-state index contributed by atoms with van der Waals surface area (Å²) in [7, 11) is -1.26. The van der Waals surface area contributed by atoms with Crippen molar-refractivity contribution in [2.75, 3.05) is 24.7 Å². The van der Waals surface area contributed by atoms with Crippen molar-refractivity contribution < 1.29 is 22.9 Å². The lowest BCUT2D eigenvalue weighted by atomic mass is 10.1. The molecule has 151 valence electrons. The van der Waals surface area contributed by atoms with Crippen molar-refractivity contribution in [1.82, 2.24) is 4.90 Å². The van der Waals surface area contributed by atoms with Gasteiger partial charge in [0.15, 0.2) is 9.84 Å². The van der Waals surface area contributed by atoms with E-state index in [2.05, 4.69) is 10.2 Å². The SMILES string of the molecule is [C-]#[N+]c1cc(NC(=O)N(C)CCc2ccc(O[B]O)cc2)ccc1S(=O)(=O)CC. The van der Waals surface area contributed by atoms with E-state index < -0.39 is 9.84 Å². The van der Waals surface area contributed by atoms with Crippen LogP contribution in [0.4, 0.5) is 16.2 Å². The number of nitrogens with one attached hydrogen (secondary N) is 1. The molecule has 2 aromatic carbocycles. The Labute approximate surface area is 171 Å². The Hall–Kier alpha value is -3.03. The summed E-state index contributed by atoms with van der Waals surface area (Å²) in [5.74, 6) is 0.404. The number of carbonyl (C=O) groups is 1. The van der Waals surface area contributed by atoms with Crippen LogP contribution in [0.25, 0.3) is 4.85 Å². The van der Waals surface area contributed by atoms with Gasteiger partial charge in [-0.05, 0) is 36.2 Å². The van der Waals surface area contributed by atoms with E-state index in [1.807, 2.05) is 12.1 Å². The molecule has 0 aliphatic heterocycles. The highest BCUT2D eigenvalue weighted by Crippen LogP contribution is 2.28. The summed E-state index contributed by atoms with van der Waals surface area (Å²) in [5.41, 5.74) is 1.32. The molecule has 0 fully saturated rings. The molecular weight excluding hydrogens is 393 g/mol. The van der Waals surface area contributed by atoms with Gasteiger partial charge in [0, 0.05) is 19.3 Å². The molecule has 0 atom stereocenters. The molecule has 0 saturated heterocycles. The zero-order valence-corrected chi connectivity index (χ0v) is 16.9. The molecule has 0 aromatic heterocycles. The molecule has 0 bridgehead atoms. The highest BCUT2D eigenvalue weighted by Gasteiger charge is 2.18. The average Bonchev–Trinajstić information content (AvgIpc) is 2.72. The zero-order chi connectivity index (χ0) is 21.4. The van der Waals surface area contributed by atoms with Crippen LogP contribution in [0.1, 0.15) is 12.5 Å². The Morgan fingerprint density at radius 1 is 1.28 bits per heavy atom. The summed E-state index contributed by atoms with van der Waals surface area (Å²) < 4.78 is 28.9. The maximum Gasteiger partial charge on any atom is 0.569 e. The van der Waals surface area contributed by atoms with Crippen LogP contribution in [-0.2, 0) is 16.3 Å². The van der Waals surface area contributed by atoms with Gasteiger partial charge in [-0.15, -0.1) is 0 Å². The topological polar surface area (TPSA) is 100 Å². The average molecular weight is 414 g/mol. The van der Waals surface area contributed by atoms with Gasteiger partial charge >= 0.3 is 13.7 Å². The summed E-state index contributed by atoms with van der Waals surface area (Å²) in [6.45, 7) is 9.17. The summed E-state index contributed by atoms with van der Waals surface area (Å²) >= 11 is 0. The molecule has 0 heterocycles. The zero-order valence-electron chi connectivity index (χ0n) is 16.1. The molecule has 0 spiro atoms. The first-order valence-electron chi connectivity index (χ1n) is 8.78. The minimum atomic E-state index is -3.51. The van der Waals surface area contributed by atoms with Gasteiger partial charge in [0.05, 0.1) is 23.0 Å². The second-order valence-corrected chi connectivity index (χ2v) is 8.41. The number of rotatable bonds is 8. The van der Waals surface area contributed by atoms with Crippen molar-refractivity contribution in [2.24, 2.45) is 0 Å². The van der Waals surface area contributed by atoms with Crippen LogP contribution in [0.3, 0.4) is 0 Å². The maximum atomic E-state index is 12.4. The lowest BCUT2D eigenvalue weighted by Crippen LogP contribution is -2.33. The van der Waals surface area contributed by atoms with E-state index in [4.69, 9.17) is 16.3 Å². The number of nitrogens with zero attached hydrogens (tertiary/aromatic N) is 2. The third-order valence-corrected chi connectivity index (χ3v) is 6.02. The van der Waals surface area contributed by atoms with E-state index in [1.54, 1.807) is 19.2 Å². The van der Waals surface area contributed by atoms with Crippen molar-refractivity contribution in [2.45, 2.75) is 18.2 Å². The monoisotopic (exact) mass is 414 g/mol. The van der Waals surface area contributed by atoms with Crippen molar-refractivity contribution in [1.29, 1.82) is 0 Å². The number of hydrogen-bond acceptors (Lipinski definition) is 5. The number of anilines is 1. The van der Waals surface area contributed by atoms with Gasteiger partial charge in [-0.25, -0.2) is 18.1 Å². The standard InChI is InChI=1S/C19H21BN3O5S/c1-4-29(26,27)18-10-7-15(13-17(18)21-2)22-19(24)23(3)12-11-14-5-8-16(9-6-14)28-20-25/h5-10,13,25H,4,11-12H2,1,3H3,(H,22,24). The van der Waals surface area contributed by atoms with E-state index in [0.717, 1.165) is 5.56 Å². The highest BCUT2D eigenvalue weighted by molar-refractivity contribution is 7.91. The number of urea groups is 1. The van der Waals surface area contributed by atoms with Crippen LogP contribution in [0, 0.1) is 6.57 Å². The van der Waals surface area contributed by atoms with Crippen LogP contribution in [0.2, 0.25) is 0 Å². The fourth-order valence-corrected chi connectivity index (χ4v) is 3.52. The molecule has 8 nitrogen and oxygen atoms in total. The maximum absolute atomic E-state index is 12.4. The first kappa shape index (κ1) is 22.3. The van der Waals surface area contributed by atoms with E-state index in [0.29, 0.717) is 32.1 Å². The molecule has 2 N–H and O–H groups in total. The Morgan fingerprint density at radius 3 is 2.55 bits per heavy atom. The second kappa shape index (κ2) is 9.95. The Kier molecular flexibility index (Phi) is 7.64. The first-order chi connectivity index (χ1) is 13.8. The van der Waals surface area contributed by atoms with Gasteiger partial charge in [0.1, 0.15) is 0 Å². The van der Waals surface area contributed by atoms with E-state index in [1.165, 1.54) is 30.0 Å². The number of hydrogen-bond donors (Lipinski definition) is 2. The quantitative estimate of drug-likeness (QED) is 0.511. The lowest BCUT2D eigenvalue weighted by molar-refractivity contribution is 0.223. The summed E-state index contributed by atoms with van der Waals surface area (Å²) in [6, 6.07) is 10.9. The molecule has 10 heteroatoms. The number of amides is 2. The van der Waals surface area contributed by atoms with Crippen LogP contribution < -0.4 is 9.97 Å². The van der Waals surface area contributed by atoms with Gasteiger partial charge < -0.3 is 19.9 Å². The minimum Gasteiger partial charge on any atom is -0.537 e. The van der Waals surface area contributed by atoms with Crippen LogP contribution in [0.15, 0.2) is 47.4 Å². The van der Waals surface area contributed by atoms with Gasteiger partial charge in [0.25, 0.3) is 0 Å². The fraction of sp³-hybridized carbons (Fsp3) is 0.263. The van der Waals surface area contributed by atoms with Crippen LogP contribution in [-0.4, -0.2) is 51.4 Å². The predicted molar refractivity (Wildman–Crippen MR) is 111 cm³/mol. The van der Waals surface area contributed by atoms with Crippen molar-refractivity contribution >= 4 is 34.9 Å². The van der Waals surface area contributed by atoms with E-state index in [-0.39, 0.29) is 22.4 Å². The number of carbonyl (C=O) groups excluding carboxylic acids is 1. The van der Waals surface area contributed by atoms with Gasteiger partial charge in [-0.2, -0.15) is 0 Å². The van der Waals surface area contributed by atoms with E-state index in [9.17, 15) is 13.2 Å². The smallest absolute Gasteiger partial charge is 0.537 e. The first-order valence-corrected chi connectivity index (χ1v) is 10.4. The molecule has 0 aliphatic rings. The normalized spacial score (nSPS) is 10.7. The van der Waals surface area contributed by atoms with Gasteiger partial charge in [0.2, 0.25) is 5.69 Å². The summed E-state index contributed by atoms with van der Waals surface area (Å²) in [6.07, 6.45) is 0.605. The fourth-order valence-electron chi connectivity index (χ4n) is 2.51. The number of benzene rings is 2. The molecule has 29 heavy (non-hydrogen) atoms. The third-order valence-electron chi connectivity index (χ3n) is 4.24. The lowest BCUT2D eigenvalue weighted by Gasteiger charge is -2.18. The molecule has 2 aromatic rings. The Balaban J connectivity index is 1.99. The van der Waals surface area contributed by atoms with E-state index >= 15 is 0 Å². The predicted octanol–water partition coefficient (Wildman–Crippen LogP) is 2.64. The van der Waals surface area contributed by atoms with Crippen molar-refractivity contribution in [3.8, 4) is 5.75 Å². The molecule has 2 amide bonds. The number of likely N-dealkylation sites (N-methyl/N-ethyl adjacent to an activating group) is 1. The van der Waals surface area contributed by atoms with Gasteiger partial charge in [-0.3, -0.25) is 0 Å². The van der Waals surface area contributed by atoms with Gasteiger partial charge in [-0.1, -0.05) is 25.1 Å². The molecular formula is C19H21BN3O5S. The molecule has 1 radical (unpaired) electrons. The second-order valence-electron chi connectivity index (χ2n) is 6.17. The third kappa shape index (κ3) is 5.97. The summed E-state index contributed by atoms with van der Waals surface area (Å²) in [5, 5.41) is 11.3. The Morgan fingerprint density at radius 2 is 1.97 bits per heavy atom. The summed E-state index contributed by atoms with van der Waals surface area (Å²) in [4.78, 5) is 17.1. The van der Waals surface area contributed by atoms with Crippen LogP contribution in [0.5, 0.6) is 5.75 Å². The molecule has 2 rings (SSSR count). The van der Waals surface area contributed by atoms with Crippen LogP contribution >= 0.6 is 0 Å².